The number of hydrogen-bond donors (Lipinski definition) is 1. The molecule has 2 rings (SSSR count). The maximum absolute atomic E-state index is 9.47. The lowest BCUT2D eigenvalue weighted by atomic mass is 9.75. The highest BCUT2D eigenvalue weighted by Crippen LogP contribution is 2.44. The summed E-state index contributed by atoms with van der Waals surface area (Å²) in [5.74, 6) is 0. The predicted octanol–water partition coefficient (Wildman–Crippen LogP) is 3.34. The number of nitriles is 3. The Morgan fingerprint density at radius 2 is 1.70 bits per heavy atom. The van der Waals surface area contributed by atoms with Gasteiger partial charge in [-0.15, -0.1) is 0 Å². The van der Waals surface area contributed by atoms with E-state index in [4.69, 9.17) is 10.5 Å². The van der Waals surface area contributed by atoms with Crippen LogP contribution >= 0.6 is 0 Å². The lowest BCUT2D eigenvalue weighted by Gasteiger charge is -2.30. The lowest BCUT2D eigenvalue weighted by Crippen LogP contribution is -2.44. The monoisotopic (exact) mass is 307 g/mol. The van der Waals surface area contributed by atoms with Crippen molar-refractivity contribution in [3.05, 3.63) is 23.0 Å². The van der Waals surface area contributed by atoms with E-state index in [0.717, 1.165) is 17.8 Å². The van der Waals surface area contributed by atoms with E-state index >= 15 is 0 Å². The first-order valence-electron chi connectivity index (χ1n) is 7.61. The van der Waals surface area contributed by atoms with E-state index < -0.39 is 5.54 Å². The summed E-state index contributed by atoms with van der Waals surface area (Å²) in [6, 6.07) is 6.19. The third-order valence-electron chi connectivity index (χ3n) is 5.00. The smallest absolute Gasteiger partial charge is 0.151 e. The van der Waals surface area contributed by atoms with Gasteiger partial charge < -0.3 is 5.32 Å². The average Bonchev–Trinajstić information content (AvgIpc) is 2.86. The Labute approximate surface area is 137 Å². The van der Waals surface area contributed by atoms with Gasteiger partial charge in [-0.2, -0.15) is 15.8 Å². The van der Waals surface area contributed by atoms with Gasteiger partial charge in [-0.1, -0.05) is 27.7 Å². The third-order valence-corrected chi connectivity index (χ3v) is 5.00. The number of rotatable bonds is 1. The quantitative estimate of drug-likeness (QED) is 0.751. The third kappa shape index (κ3) is 2.73. The van der Waals surface area contributed by atoms with E-state index in [0.29, 0.717) is 12.1 Å². The van der Waals surface area contributed by atoms with E-state index in [-0.39, 0.29) is 16.4 Å². The van der Waals surface area contributed by atoms with Crippen LogP contribution in [0.5, 0.6) is 0 Å². The Morgan fingerprint density at radius 1 is 1.09 bits per heavy atom. The van der Waals surface area contributed by atoms with E-state index in [2.05, 4.69) is 30.2 Å². The second-order valence-electron chi connectivity index (χ2n) is 7.70. The molecule has 0 aromatic carbocycles. The maximum Gasteiger partial charge on any atom is 0.151 e. The van der Waals surface area contributed by atoms with E-state index in [1.807, 2.05) is 39.0 Å². The molecule has 5 nitrogen and oxygen atoms in total. The van der Waals surface area contributed by atoms with Gasteiger partial charge in [0.1, 0.15) is 17.7 Å². The van der Waals surface area contributed by atoms with Crippen molar-refractivity contribution in [1.29, 1.82) is 15.8 Å². The molecule has 0 spiro atoms. The SMILES string of the molecule is CC1(C)CC(=C(C#N)C#N)N=C1/C=C1/CC(C)(C)C(C)(C#N)N1. The molecule has 5 heteroatoms. The zero-order valence-electron chi connectivity index (χ0n) is 14.3. The summed E-state index contributed by atoms with van der Waals surface area (Å²) in [5.41, 5.74) is 1.41. The summed E-state index contributed by atoms with van der Waals surface area (Å²) in [4.78, 5) is 4.52. The van der Waals surface area contributed by atoms with Crippen molar-refractivity contribution in [1.82, 2.24) is 5.32 Å². The van der Waals surface area contributed by atoms with Crippen LogP contribution < -0.4 is 5.32 Å². The molecule has 2 aliphatic heterocycles. The fourth-order valence-electron chi connectivity index (χ4n) is 2.99. The molecule has 0 amide bonds. The summed E-state index contributed by atoms with van der Waals surface area (Å²) in [5, 5.41) is 30.9. The second-order valence-corrected chi connectivity index (χ2v) is 7.70. The van der Waals surface area contributed by atoms with Crippen LogP contribution in [0.2, 0.25) is 0 Å². The first-order chi connectivity index (χ1) is 10.6. The second kappa shape index (κ2) is 5.25. The largest absolute Gasteiger partial charge is 0.370 e. The molecule has 0 aromatic heterocycles. The fraction of sp³-hybridized carbons (Fsp3) is 0.556. The Kier molecular flexibility index (Phi) is 3.83. The predicted molar refractivity (Wildman–Crippen MR) is 87.7 cm³/mol. The topological polar surface area (TPSA) is 95.8 Å². The standard InChI is InChI=1S/C18H21N5/c1-16(2)8-14(12(9-19)10-20)22-15(16)6-13-7-17(3,4)18(5,11-21)23-13/h6,23H,7-8H2,1-5H3/b13-6-. The zero-order valence-corrected chi connectivity index (χ0v) is 14.3. The minimum Gasteiger partial charge on any atom is -0.370 e. The van der Waals surface area contributed by atoms with Gasteiger partial charge in [-0.3, -0.25) is 4.99 Å². The van der Waals surface area contributed by atoms with Gasteiger partial charge in [-0.05, 0) is 19.4 Å². The molecule has 118 valence electrons. The van der Waals surface area contributed by atoms with Gasteiger partial charge in [0.05, 0.1) is 11.8 Å². The van der Waals surface area contributed by atoms with Crippen molar-refractivity contribution in [3.63, 3.8) is 0 Å². The molecule has 1 unspecified atom stereocenters. The molecular weight excluding hydrogens is 286 g/mol. The summed E-state index contributed by atoms with van der Waals surface area (Å²) in [6.45, 7) is 10.1. The van der Waals surface area contributed by atoms with Crippen LogP contribution in [-0.4, -0.2) is 11.3 Å². The van der Waals surface area contributed by atoms with Crippen LogP contribution in [0, 0.1) is 44.8 Å². The van der Waals surface area contributed by atoms with Crippen LogP contribution in [0.3, 0.4) is 0 Å². The molecule has 0 bridgehead atoms. The van der Waals surface area contributed by atoms with Crippen molar-refractivity contribution in [2.45, 2.75) is 53.0 Å². The van der Waals surface area contributed by atoms with Gasteiger partial charge in [0.15, 0.2) is 5.57 Å². The van der Waals surface area contributed by atoms with Crippen molar-refractivity contribution >= 4 is 5.71 Å². The lowest BCUT2D eigenvalue weighted by molar-refractivity contribution is 0.264. The van der Waals surface area contributed by atoms with Crippen LogP contribution in [-0.2, 0) is 0 Å². The van der Waals surface area contributed by atoms with Gasteiger partial charge in [0.2, 0.25) is 0 Å². The molecule has 2 heterocycles. The highest BCUT2D eigenvalue weighted by molar-refractivity contribution is 6.02. The molecular formula is C18H21N5. The molecule has 0 radical (unpaired) electrons. The van der Waals surface area contributed by atoms with Crippen molar-refractivity contribution in [2.75, 3.05) is 0 Å². The molecule has 23 heavy (non-hydrogen) atoms. The fourth-order valence-corrected chi connectivity index (χ4v) is 2.99. The average molecular weight is 307 g/mol. The summed E-state index contributed by atoms with van der Waals surface area (Å²) in [6.07, 6.45) is 3.31. The van der Waals surface area contributed by atoms with Crippen molar-refractivity contribution < 1.29 is 0 Å². The number of nitrogens with zero attached hydrogens (tertiary/aromatic N) is 4. The molecule has 0 aliphatic carbocycles. The molecule has 0 aromatic rings. The number of aliphatic imine (C=N–C) groups is 1. The molecule has 1 atom stereocenters. The Bertz CT molecular complexity index is 743. The van der Waals surface area contributed by atoms with Gasteiger partial charge in [0, 0.05) is 28.7 Å². The first kappa shape index (κ1) is 16.8. The minimum atomic E-state index is -0.620. The van der Waals surface area contributed by atoms with E-state index in [1.54, 1.807) is 0 Å². The van der Waals surface area contributed by atoms with Crippen LogP contribution in [0.1, 0.15) is 47.5 Å². The molecule has 0 saturated carbocycles. The summed E-state index contributed by atoms with van der Waals surface area (Å²) < 4.78 is 0. The maximum atomic E-state index is 9.47. The number of hydrogen-bond acceptors (Lipinski definition) is 5. The highest BCUT2D eigenvalue weighted by atomic mass is 15.0. The zero-order chi connectivity index (χ0) is 17.5. The van der Waals surface area contributed by atoms with E-state index in [1.165, 1.54) is 0 Å². The van der Waals surface area contributed by atoms with Crippen LogP contribution in [0.4, 0.5) is 0 Å². The van der Waals surface area contributed by atoms with E-state index in [9.17, 15) is 5.26 Å². The Morgan fingerprint density at radius 3 is 2.17 bits per heavy atom. The van der Waals surface area contributed by atoms with Crippen LogP contribution in [0.25, 0.3) is 0 Å². The van der Waals surface area contributed by atoms with Gasteiger partial charge in [0.25, 0.3) is 0 Å². The number of nitrogens with one attached hydrogen (secondary N) is 1. The van der Waals surface area contributed by atoms with Crippen molar-refractivity contribution in [3.8, 4) is 18.2 Å². The van der Waals surface area contributed by atoms with Crippen LogP contribution in [0.15, 0.2) is 28.0 Å². The van der Waals surface area contributed by atoms with Gasteiger partial charge in [-0.25, -0.2) is 0 Å². The highest BCUT2D eigenvalue weighted by Gasteiger charge is 2.48. The summed E-state index contributed by atoms with van der Waals surface area (Å²) in [7, 11) is 0. The Balaban J connectivity index is 2.43. The molecule has 2 aliphatic rings. The first-order valence-corrected chi connectivity index (χ1v) is 7.61. The molecule has 1 fully saturated rings. The minimum absolute atomic E-state index is 0.0769. The molecule has 1 saturated heterocycles. The Hall–Kier alpha value is -2.58. The van der Waals surface area contributed by atoms with Crippen molar-refractivity contribution in [2.24, 2.45) is 15.8 Å². The van der Waals surface area contributed by atoms with Gasteiger partial charge >= 0.3 is 0 Å². The summed E-state index contributed by atoms with van der Waals surface area (Å²) >= 11 is 0. The number of allylic oxidation sites excluding steroid dienone is 4. The normalized spacial score (nSPS) is 29.2. The molecule has 1 N–H and O–H groups in total.